The minimum Gasteiger partial charge on any atom is -0.439 e. The zero-order valence-electron chi connectivity index (χ0n) is 19.3. The van der Waals surface area contributed by atoms with Crippen molar-refractivity contribution >= 4 is 17.5 Å². The van der Waals surface area contributed by atoms with Gasteiger partial charge in [-0.05, 0) is 56.2 Å². The molecule has 3 aromatic rings. The minimum absolute atomic E-state index is 0.0674. The van der Waals surface area contributed by atoms with Crippen LogP contribution in [0.15, 0.2) is 54.6 Å². The highest BCUT2D eigenvalue weighted by Gasteiger charge is 2.28. The Morgan fingerprint density at radius 2 is 1.94 bits per heavy atom. The van der Waals surface area contributed by atoms with Crippen LogP contribution in [0.4, 0.5) is 0 Å². The standard InChI is InChI=1S/C26H30ClN3O3/c1-18(2)25(31)29(16-23-10-7-15-32-23)17-24-19(3)28-30(21-8-5-4-6-9-21)26(24)33-22-13-11-20(27)12-14-22/h4-6,8-9,11-14,18,23H,7,10,15-17H2,1-3H3. The monoisotopic (exact) mass is 467 g/mol. The van der Waals surface area contributed by atoms with Gasteiger partial charge in [0.15, 0.2) is 0 Å². The van der Waals surface area contributed by atoms with E-state index in [1.165, 1.54) is 0 Å². The molecule has 1 atom stereocenters. The van der Waals surface area contributed by atoms with Crippen LogP contribution in [0.2, 0.25) is 5.02 Å². The van der Waals surface area contributed by atoms with E-state index in [1.807, 2.05) is 68.1 Å². The average Bonchev–Trinajstić information content (AvgIpc) is 3.43. The first-order valence-corrected chi connectivity index (χ1v) is 11.8. The molecular formula is C26H30ClN3O3. The summed E-state index contributed by atoms with van der Waals surface area (Å²) < 4.78 is 14.0. The molecule has 1 saturated heterocycles. The van der Waals surface area contributed by atoms with Crippen LogP contribution in [0, 0.1) is 12.8 Å². The van der Waals surface area contributed by atoms with Gasteiger partial charge in [0.25, 0.3) is 0 Å². The lowest BCUT2D eigenvalue weighted by Crippen LogP contribution is -2.39. The molecular weight excluding hydrogens is 438 g/mol. The summed E-state index contributed by atoms with van der Waals surface area (Å²) in [5.74, 6) is 1.22. The number of aryl methyl sites for hydroxylation is 1. The van der Waals surface area contributed by atoms with E-state index < -0.39 is 0 Å². The van der Waals surface area contributed by atoms with Crippen molar-refractivity contribution < 1.29 is 14.3 Å². The van der Waals surface area contributed by atoms with Gasteiger partial charge in [-0.25, -0.2) is 4.68 Å². The van der Waals surface area contributed by atoms with Crippen molar-refractivity contribution in [3.63, 3.8) is 0 Å². The highest BCUT2D eigenvalue weighted by Crippen LogP contribution is 2.32. The van der Waals surface area contributed by atoms with E-state index in [4.69, 9.17) is 26.2 Å². The lowest BCUT2D eigenvalue weighted by molar-refractivity contribution is -0.136. The molecule has 1 aliphatic heterocycles. The molecule has 6 nitrogen and oxygen atoms in total. The molecule has 1 amide bonds. The summed E-state index contributed by atoms with van der Waals surface area (Å²) in [6.07, 6.45) is 2.07. The fourth-order valence-corrected chi connectivity index (χ4v) is 4.13. The number of nitrogens with zero attached hydrogens (tertiary/aromatic N) is 3. The molecule has 0 bridgehead atoms. The Kier molecular flexibility index (Phi) is 7.36. The summed E-state index contributed by atoms with van der Waals surface area (Å²) >= 11 is 6.06. The van der Waals surface area contributed by atoms with Crippen molar-refractivity contribution in [3.8, 4) is 17.3 Å². The molecule has 2 heterocycles. The number of hydrogen-bond donors (Lipinski definition) is 0. The van der Waals surface area contributed by atoms with E-state index in [0.717, 1.165) is 36.4 Å². The Morgan fingerprint density at radius 1 is 1.21 bits per heavy atom. The third kappa shape index (κ3) is 5.57. The van der Waals surface area contributed by atoms with Crippen LogP contribution < -0.4 is 4.74 Å². The fourth-order valence-electron chi connectivity index (χ4n) is 4.01. The molecule has 0 aliphatic carbocycles. The number of hydrogen-bond acceptors (Lipinski definition) is 4. The minimum atomic E-state index is -0.114. The summed E-state index contributed by atoms with van der Waals surface area (Å²) in [5, 5.41) is 5.42. The molecule has 0 saturated carbocycles. The lowest BCUT2D eigenvalue weighted by atomic mass is 10.1. The van der Waals surface area contributed by atoms with Crippen molar-refractivity contribution in [2.45, 2.75) is 46.3 Å². The number of rotatable bonds is 8. The molecule has 1 aliphatic rings. The zero-order chi connectivity index (χ0) is 23.4. The normalized spacial score (nSPS) is 15.7. The molecule has 2 aromatic carbocycles. The quantitative estimate of drug-likeness (QED) is 0.420. The third-order valence-electron chi connectivity index (χ3n) is 5.77. The van der Waals surface area contributed by atoms with Crippen LogP contribution in [0.3, 0.4) is 0 Å². The van der Waals surface area contributed by atoms with Gasteiger partial charge in [0.1, 0.15) is 5.75 Å². The van der Waals surface area contributed by atoms with Crippen molar-refractivity contribution in [1.82, 2.24) is 14.7 Å². The van der Waals surface area contributed by atoms with Crippen LogP contribution in [0.1, 0.15) is 37.9 Å². The van der Waals surface area contributed by atoms with Crippen LogP contribution >= 0.6 is 11.6 Å². The Hall–Kier alpha value is -2.83. The van der Waals surface area contributed by atoms with Crippen molar-refractivity contribution in [2.75, 3.05) is 13.2 Å². The number of para-hydroxylation sites is 1. The van der Waals surface area contributed by atoms with E-state index in [2.05, 4.69) is 0 Å². The number of amides is 1. The number of halogens is 1. The second-order valence-corrected chi connectivity index (χ2v) is 9.12. The van der Waals surface area contributed by atoms with Gasteiger partial charge in [-0.2, -0.15) is 5.10 Å². The first-order chi connectivity index (χ1) is 15.9. The van der Waals surface area contributed by atoms with Crippen molar-refractivity contribution in [3.05, 3.63) is 70.9 Å². The maximum absolute atomic E-state index is 13.1. The molecule has 7 heteroatoms. The first kappa shape index (κ1) is 23.3. The zero-order valence-corrected chi connectivity index (χ0v) is 20.1. The summed E-state index contributed by atoms with van der Waals surface area (Å²) in [5.41, 5.74) is 2.58. The second kappa shape index (κ2) is 10.4. The van der Waals surface area contributed by atoms with Crippen molar-refractivity contribution in [2.24, 2.45) is 5.92 Å². The number of benzene rings is 2. The lowest BCUT2D eigenvalue weighted by Gasteiger charge is -2.27. The van der Waals surface area contributed by atoms with Crippen LogP contribution in [0.5, 0.6) is 11.6 Å². The smallest absolute Gasteiger partial charge is 0.227 e. The van der Waals surface area contributed by atoms with E-state index in [0.29, 0.717) is 29.7 Å². The predicted octanol–water partition coefficient (Wildman–Crippen LogP) is 5.79. The second-order valence-electron chi connectivity index (χ2n) is 8.68. The summed E-state index contributed by atoms with van der Waals surface area (Å²) in [7, 11) is 0. The van der Waals surface area contributed by atoms with Gasteiger partial charge in [-0.1, -0.05) is 43.6 Å². The van der Waals surface area contributed by atoms with Crippen LogP contribution in [-0.2, 0) is 16.1 Å². The topological polar surface area (TPSA) is 56.6 Å². The van der Waals surface area contributed by atoms with Gasteiger partial charge in [0.2, 0.25) is 11.8 Å². The van der Waals surface area contributed by atoms with E-state index >= 15 is 0 Å². The SMILES string of the molecule is Cc1nn(-c2ccccc2)c(Oc2ccc(Cl)cc2)c1CN(CC1CCCO1)C(=O)C(C)C. The highest BCUT2D eigenvalue weighted by atomic mass is 35.5. The predicted molar refractivity (Wildman–Crippen MR) is 129 cm³/mol. The Morgan fingerprint density at radius 3 is 2.58 bits per heavy atom. The molecule has 0 N–H and O–H groups in total. The average molecular weight is 468 g/mol. The summed E-state index contributed by atoms with van der Waals surface area (Å²) in [6.45, 7) is 7.52. The largest absolute Gasteiger partial charge is 0.439 e. The van der Waals surface area contributed by atoms with Gasteiger partial charge >= 0.3 is 0 Å². The molecule has 33 heavy (non-hydrogen) atoms. The number of carbonyl (C=O) groups excluding carboxylic acids is 1. The van der Waals surface area contributed by atoms with E-state index in [-0.39, 0.29) is 17.9 Å². The van der Waals surface area contributed by atoms with E-state index in [9.17, 15) is 4.79 Å². The van der Waals surface area contributed by atoms with Crippen LogP contribution in [-0.4, -0.2) is 39.8 Å². The fraction of sp³-hybridized carbons (Fsp3) is 0.385. The van der Waals surface area contributed by atoms with Crippen molar-refractivity contribution in [1.29, 1.82) is 0 Å². The van der Waals surface area contributed by atoms with Crippen LogP contribution in [0.25, 0.3) is 5.69 Å². The van der Waals surface area contributed by atoms with Gasteiger partial charge < -0.3 is 14.4 Å². The molecule has 0 radical (unpaired) electrons. The molecule has 1 aromatic heterocycles. The van der Waals surface area contributed by atoms with Gasteiger partial charge in [0, 0.05) is 24.1 Å². The molecule has 1 unspecified atom stereocenters. The number of carbonyl (C=O) groups is 1. The first-order valence-electron chi connectivity index (χ1n) is 11.4. The summed E-state index contributed by atoms with van der Waals surface area (Å²) in [4.78, 5) is 15.0. The Labute approximate surface area is 200 Å². The molecule has 0 spiro atoms. The molecule has 174 valence electrons. The Balaban J connectivity index is 1.72. The maximum Gasteiger partial charge on any atom is 0.227 e. The van der Waals surface area contributed by atoms with Gasteiger partial charge in [-0.15, -0.1) is 0 Å². The van der Waals surface area contributed by atoms with E-state index in [1.54, 1.807) is 16.8 Å². The third-order valence-corrected chi connectivity index (χ3v) is 6.02. The van der Waals surface area contributed by atoms with Gasteiger partial charge in [0.05, 0.1) is 29.6 Å². The summed E-state index contributed by atoms with van der Waals surface area (Å²) in [6, 6.07) is 17.1. The maximum atomic E-state index is 13.1. The molecule has 1 fully saturated rings. The molecule has 4 rings (SSSR count). The Bertz CT molecular complexity index is 1070. The number of ether oxygens (including phenoxy) is 2. The number of aromatic nitrogens is 2. The highest BCUT2D eigenvalue weighted by molar-refractivity contribution is 6.30. The van der Waals surface area contributed by atoms with Gasteiger partial charge in [-0.3, -0.25) is 4.79 Å².